The van der Waals surface area contributed by atoms with Crippen LogP contribution in [0.2, 0.25) is 0 Å². The molecule has 0 aliphatic heterocycles. The molecule has 0 saturated heterocycles. The van der Waals surface area contributed by atoms with Gasteiger partial charge in [-0.05, 0) is 31.6 Å². The van der Waals surface area contributed by atoms with Crippen LogP contribution in [0.4, 0.5) is 0 Å². The minimum absolute atomic E-state index is 0.0452. The van der Waals surface area contributed by atoms with Gasteiger partial charge in [-0.2, -0.15) is 0 Å². The van der Waals surface area contributed by atoms with Gasteiger partial charge in [0, 0.05) is 0 Å². The topological polar surface area (TPSA) is 37.3 Å². The van der Waals surface area contributed by atoms with Crippen LogP contribution < -0.4 is 0 Å². The van der Waals surface area contributed by atoms with Crippen molar-refractivity contribution in [1.82, 2.24) is 0 Å². The summed E-state index contributed by atoms with van der Waals surface area (Å²) in [6.07, 6.45) is 3.96. The smallest absolute Gasteiger partial charge is 0.306 e. The first kappa shape index (κ1) is 7.58. The second kappa shape index (κ2) is 3.04. The zero-order valence-electron chi connectivity index (χ0n) is 6.34. The predicted octanol–water partition coefficient (Wildman–Crippen LogP) is 1.90. The van der Waals surface area contributed by atoms with Crippen LogP contribution >= 0.6 is 0 Å². The highest BCUT2D eigenvalue weighted by atomic mass is 16.4. The molecular weight excluding hydrogens is 128 g/mol. The van der Waals surface area contributed by atoms with E-state index in [1.54, 1.807) is 0 Å². The van der Waals surface area contributed by atoms with Crippen molar-refractivity contribution in [2.24, 2.45) is 11.8 Å². The summed E-state index contributed by atoms with van der Waals surface area (Å²) < 4.78 is 0. The fourth-order valence-electron chi connectivity index (χ4n) is 1.51. The molecule has 1 aliphatic rings. The van der Waals surface area contributed by atoms with E-state index in [-0.39, 0.29) is 5.92 Å². The van der Waals surface area contributed by atoms with Gasteiger partial charge in [-0.1, -0.05) is 6.92 Å². The van der Waals surface area contributed by atoms with E-state index in [0.717, 1.165) is 31.6 Å². The van der Waals surface area contributed by atoms with Gasteiger partial charge in [-0.25, -0.2) is 0 Å². The average Bonchev–Trinajstić information content (AvgIpc) is 1.88. The molecule has 58 valence electrons. The van der Waals surface area contributed by atoms with Crippen LogP contribution in [-0.2, 0) is 4.79 Å². The molecule has 10 heavy (non-hydrogen) atoms. The van der Waals surface area contributed by atoms with Crippen molar-refractivity contribution in [3.05, 3.63) is 0 Å². The van der Waals surface area contributed by atoms with Crippen LogP contribution in [0.15, 0.2) is 0 Å². The first-order valence-electron chi connectivity index (χ1n) is 3.93. The number of rotatable bonds is 1. The van der Waals surface area contributed by atoms with Gasteiger partial charge in [0.05, 0.1) is 5.92 Å². The van der Waals surface area contributed by atoms with Gasteiger partial charge in [-0.3, -0.25) is 4.79 Å². The van der Waals surface area contributed by atoms with Crippen molar-refractivity contribution in [3.8, 4) is 0 Å². The zero-order valence-corrected chi connectivity index (χ0v) is 6.34. The third-order valence-corrected chi connectivity index (χ3v) is 2.37. The predicted molar refractivity (Wildman–Crippen MR) is 38.8 cm³/mol. The molecule has 1 saturated carbocycles. The number of hydrogen-bond donors (Lipinski definition) is 1. The van der Waals surface area contributed by atoms with E-state index >= 15 is 0 Å². The number of aliphatic carboxylic acids is 1. The minimum Gasteiger partial charge on any atom is -0.481 e. The van der Waals surface area contributed by atoms with Gasteiger partial charge < -0.3 is 5.11 Å². The average molecular weight is 142 g/mol. The molecule has 0 radical (unpaired) electrons. The van der Waals surface area contributed by atoms with Gasteiger partial charge in [0.15, 0.2) is 0 Å². The van der Waals surface area contributed by atoms with Crippen LogP contribution in [0, 0.1) is 11.8 Å². The van der Waals surface area contributed by atoms with Gasteiger partial charge in [0.2, 0.25) is 0 Å². The van der Waals surface area contributed by atoms with Gasteiger partial charge >= 0.3 is 5.97 Å². The standard InChI is InChI=1S/C8H14O2/c1-6-2-4-7(5-3-6)8(9)10/h6-7H,2-5H2,1H3,(H,9,10)/t6-,7+. The maximum absolute atomic E-state index is 10.5. The summed E-state index contributed by atoms with van der Waals surface area (Å²) in [5, 5.41) is 8.62. The molecule has 0 spiro atoms. The summed E-state index contributed by atoms with van der Waals surface area (Å²) in [5.74, 6) is 0.0960. The lowest BCUT2D eigenvalue weighted by molar-refractivity contribution is -0.143. The number of carboxylic acid groups (broad SMARTS) is 1. The van der Waals surface area contributed by atoms with Crippen molar-refractivity contribution >= 4 is 5.97 Å². The van der Waals surface area contributed by atoms with E-state index < -0.39 is 5.97 Å². The maximum atomic E-state index is 10.5. The lowest BCUT2D eigenvalue weighted by atomic mass is 9.83. The van der Waals surface area contributed by atoms with Gasteiger partial charge in [-0.15, -0.1) is 0 Å². The largest absolute Gasteiger partial charge is 0.481 e. The van der Waals surface area contributed by atoms with Crippen LogP contribution in [0.1, 0.15) is 32.6 Å². The lowest BCUT2D eigenvalue weighted by Crippen LogP contribution is -2.19. The highest BCUT2D eigenvalue weighted by Gasteiger charge is 2.23. The second-order valence-electron chi connectivity index (χ2n) is 3.30. The summed E-state index contributed by atoms with van der Waals surface area (Å²) in [6, 6.07) is 0. The van der Waals surface area contributed by atoms with Crippen LogP contribution in [0.5, 0.6) is 0 Å². The van der Waals surface area contributed by atoms with Crippen molar-refractivity contribution in [3.63, 3.8) is 0 Å². The number of carbonyl (C=O) groups is 1. The first-order chi connectivity index (χ1) is 4.70. The molecule has 1 N–H and O–H groups in total. The SMILES string of the molecule is C[C@H]1CC[C@@H](C(=O)O)CC1. The van der Waals surface area contributed by atoms with Crippen LogP contribution in [0.25, 0.3) is 0 Å². The Hall–Kier alpha value is -0.530. The summed E-state index contributed by atoms with van der Waals surface area (Å²) in [4.78, 5) is 10.5. The quantitative estimate of drug-likeness (QED) is 0.607. The van der Waals surface area contributed by atoms with Crippen molar-refractivity contribution in [1.29, 1.82) is 0 Å². The van der Waals surface area contributed by atoms with E-state index in [2.05, 4.69) is 6.92 Å². The van der Waals surface area contributed by atoms with E-state index in [0.29, 0.717) is 0 Å². The molecule has 1 rings (SSSR count). The first-order valence-corrected chi connectivity index (χ1v) is 3.93. The Bertz CT molecular complexity index is 123. The van der Waals surface area contributed by atoms with Crippen molar-refractivity contribution in [2.45, 2.75) is 32.6 Å². The molecule has 1 fully saturated rings. The molecule has 2 heteroatoms. The third-order valence-electron chi connectivity index (χ3n) is 2.37. The minimum atomic E-state index is -0.605. The fraction of sp³-hybridized carbons (Fsp3) is 0.875. The van der Waals surface area contributed by atoms with Crippen molar-refractivity contribution in [2.75, 3.05) is 0 Å². The summed E-state index contributed by atoms with van der Waals surface area (Å²) >= 11 is 0. The molecular formula is C8H14O2. The number of carboxylic acids is 1. The Labute approximate surface area is 61.2 Å². The Morgan fingerprint density at radius 2 is 1.80 bits per heavy atom. The van der Waals surface area contributed by atoms with E-state index in [4.69, 9.17) is 5.11 Å². The summed E-state index contributed by atoms with van der Waals surface area (Å²) in [5.41, 5.74) is 0. The van der Waals surface area contributed by atoms with E-state index in [9.17, 15) is 4.79 Å². The maximum Gasteiger partial charge on any atom is 0.306 e. The molecule has 0 aromatic heterocycles. The molecule has 0 bridgehead atoms. The Morgan fingerprint density at radius 3 is 2.20 bits per heavy atom. The normalized spacial score (nSPS) is 33.7. The highest BCUT2D eigenvalue weighted by Crippen LogP contribution is 2.27. The zero-order chi connectivity index (χ0) is 7.56. The van der Waals surface area contributed by atoms with Gasteiger partial charge in [0.25, 0.3) is 0 Å². The van der Waals surface area contributed by atoms with E-state index in [1.165, 1.54) is 0 Å². The Balaban J connectivity index is 2.33. The third kappa shape index (κ3) is 1.72. The molecule has 0 unspecified atom stereocenters. The number of hydrogen-bond acceptors (Lipinski definition) is 1. The Kier molecular flexibility index (Phi) is 2.30. The Morgan fingerprint density at radius 1 is 1.30 bits per heavy atom. The summed E-state index contributed by atoms with van der Waals surface area (Å²) in [7, 11) is 0. The fourth-order valence-corrected chi connectivity index (χ4v) is 1.51. The van der Waals surface area contributed by atoms with Crippen LogP contribution in [-0.4, -0.2) is 11.1 Å². The van der Waals surface area contributed by atoms with Crippen molar-refractivity contribution < 1.29 is 9.90 Å². The van der Waals surface area contributed by atoms with Gasteiger partial charge in [0.1, 0.15) is 0 Å². The second-order valence-corrected chi connectivity index (χ2v) is 3.30. The van der Waals surface area contributed by atoms with Crippen LogP contribution in [0.3, 0.4) is 0 Å². The molecule has 0 amide bonds. The monoisotopic (exact) mass is 142 g/mol. The van der Waals surface area contributed by atoms with E-state index in [1.807, 2.05) is 0 Å². The molecule has 0 heterocycles. The molecule has 0 aromatic carbocycles. The summed E-state index contributed by atoms with van der Waals surface area (Å²) in [6.45, 7) is 2.19. The molecule has 1 aliphatic carbocycles. The lowest BCUT2D eigenvalue weighted by Gasteiger charge is -2.22. The molecule has 0 atom stereocenters. The molecule has 2 nitrogen and oxygen atoms in total. The highest BCUT2D eigenvalue weighted by molar-refractivity contribution is 5.69. The molecule has 0 aromatic rings.